The smallest absolute Gasteiger partial charge is 0.307 e. The van der Waals surface area contributed by atoms with E-state index in [1.54, 1.807) is 49.4 Å². The number of imide groups is 1. The molecule has 8 nitrogen and oxygen atoms in total. The summed E-state index contributed by atoms with van der Waals surface area (Å²) < 4.78 is 24.1. The Balaban J connectivity index is 1.59. The molecule has 9 heteroatoms. The van der Waals surface area contributed by atoms with Crippen LogP contribution in [-0.2, 0) is 19.4 Å². The van der Waals surface area contributed by atoms with Crippen LogP contribution < -0.4 is 9.80 Å². The van der Waals surface area contributed by atoms with Gasteiger partial charge in [0, 0.05) is 11.4 Å². The van der Waals surface area contributed by atoms with E-state index in [1.807, 2.05) is 19.1 Å². The number of carbonyl (C=O) groups is 3. The summed E-state index contributed by atoms with van der Waals surface area (Å²) in [4.78, 5) is 43.1. The molecule has 2 saturated heterocycles. The highest BCUT2D eigenvalue weighted by atomic mass is 32.2. The number of para-hydroxylation sites is 1. The van der Waals surface area contributed by atoms with Crippen LogP contribution in [0.2, 0.25) is 0 Å². The number of sulfone groups is 1. The second-order valence-electron chi connectivity index (χ2n) is 8.24. The summed E-state index contributed by atoms with van der Waals surface area (Å²) in [6.07, 6.45) is 0.316. The molecule has 4 rings (SSSR count). The molecule has 4 amide bonds. The predicted octanol–water partition coefficient (Wildman–Crippen LogP) is 2.37. The van der Waals surface area contributed by atoms with Crippen molar-refractivity contribution in [2.75, 3.05) is 27.9 Å². The summed E-state index contributed by atoms with van der Waals surface area (Å²) in [5.74, 6) is -1.08. The van der Waals surface area contributed by atoms with Gasteiger partial charge in [0.25, 0.3) is 5.91 Å². The lowest BCUT2D eigenvalue weighted by Gasteiger charge is -2.29. The number of aryl methyl sites for hydroxylation is 1. The summed E-state index contributed by atoms with van der Waals surface area (Å²) in [6.45, 7) is 3.11. The van der Waals surface area contributed by atoms with Gasteiger partial charge in [0.05, 0.1) is 17.5 Å². The molecule has 2 aromatic rings. The van der Waals surface area contributed by atoms with Gasteiger partial charge >= 0.3 is 6.03 Å². The van der Waals surface area contributed by atoms with E-state index in [-0.39, 0.29) is 11.5 Å². The van der Waals surface area contributed by atoms with Crippen molar-refractivity contribution in [2.24, 2.45) is 0 Å². The van der Waals surface area contributed by atoms with Gasteiger partial charge in [-0.2, -0.15) is 0 Å². The maximum Gasteiger partial charge on any atom is 0.332 e. The second kappa shape index (κ2) is 8.38. The summed E-state index contributed by atoms with van der Waals surface area (Å²) in [6, 6.07) is 14.1. The Hall–Kier alpha value is -3.20. The van der Waals surface area contributed by atoms with Crippen molar-refractivity contribution in [3.8, 4) is 0 Å². The standard InChI is InChI=1S/C23H25N3O5S/c1-16-8-10-19(11-9-16)25-17(2)22(28)24(23(25)29)14-21(27)26(18-6-4-3-5-7-18)20-12-13-32(30,31)15-20/h3-11,17,20H,12-15H2,1-2H3/t17-,20-/m0/s1. The average molecular weight is 456 g/mol. The number of nitrogens with zero attached hydrogens (tertiary/aromatic N) is 3. The number of amides is 4. The number of anilines is 2. The Morgan fingerprint density at radius 1 is 1.06 bits per heavy atom. The van der Waals surface area contributed by atoms with Gasteiger partial charge < -0.3 is 4.90 Å². The van der Waals surface area contributed by atoms with Gasteiger partial charge in [0.1, 0.15) is 12.6 Å². The molecular weight excluding hydrogens is 430 g/mol. The Kier molecular flexibility index (Phi) is 5.77. The molecular formula is C23H25N3O5S. The lowest BCUT2D eigenvalue weighted by Crippen LogP contribution is -2.48. The highest BCUT2D eigenvalue weighted by Gasteiger charge is 2.45. The lowest BCUT2D eigenvalue weighted by atomic mass is 10.1. The average Bonchev–Trinajstić information content (AvgIpc) is 3.21. The SMILES string of the molecule is Cc1ccc(N2C(=O)N(CC(=O)N(c3ccccc3)[C@H]3CCS(=O)(=O)C3)C(=O)[C@@H]2C)cc1. The van der Waals surface area contributed by atoms with Gasteiger partial charge in [-0.15, -0.1) is 0 Å². The molecule has 0 N–H and O–H groups in total. The molecule has 0 saturated carbocycles. The Morgan fingerprint density at radius 2 is 1.72 bits per heavy atom. The fourth-order valence-corrected chi connectivity index (χ4v) is 5.95. The minimum absolute atomic E-state index is 0.00803. The Bertz CT molecular complexity index is 1150. The Morgan fingerprint density at radius 3 is 2.31 bits per heavy atom. The minimum Gasteiger partial charge on any atom is -0.307 e. The summed E-state index contributed by atoms with van der Waals surface area (Å²) in [5, 5.41) is 0. The molecule has 168 valence electrons. The first-order valence-corrected chi connectivity index (χ1v) is 12.3. The second-order valence-corrected chi connectivity index (χ2v) is 10.5. The zero-order valence-electron chi connectivity index (χ0n) is 18.0. The van der Waals surface area contributed by atoms with Gasteiger partial charge in [-0.05, 0) is 44.5 Å². The third-order valence-corrected chi connectivity index (χ3v) is 7.68. The number of hydrogen-bond donors (Lipinski definition) is 0. The molecule has 2 fully saturated rings. The quantitative estimate of drug-likeness (QED) is 0.645. The first-order valence-electron chi connectivity index (χ1n) is 10.5. The number of rotatable bonds is 5. The van der Waals surface area contributed by atoms with E-state index < -0.39 is 46.3 Å². The molecule has 0 bridgehead atoms. The molecule has 2 heterocycles. The van der Waals surface area contributed by atoms with Crippen molar-refractivity contribution >= 4 is 39.1 Å². The molecule has 32 heavy (non-hydrogen) atoms. The topological polar surface area (TPSA) is 95.1 Å². The number of carbonyl (C=O) groups excluding carboxylic acids is 3. The van der Waals surface area contributed by atoms with Crippen molar-refractivity contribution in [1.82, 2.24) is 4.90 Å². The third-order valence-electron chi connectivity index (χ3n) is 5.93. The minimum atomic E-state index is -3.24. The molecule has 2 atom stereocenters. The highest BCUT2D eigenvalue weighted by Crippen LogP contribution is 2.28. The fraction of sp³-hybridized carbons (Fsp3) is 0.348. The van der Waals surface area contributed by atoms with Crippen LogP contribution in [0, 0.1) is 6.92 Å². The first-order chi connectivity index (χ1) is 15.2. The molecule has 2 aromatic carbocycles. The fourth-order valence-electron chi connectivity index (χ4n) is 4.25. The largest absolute Gasteiger partial charge is 0.332 e. The monoisotopic (exact) mass is 455 g/mol. The first kappa shape index (κ1) is 22.0. The Labute approximate surface area is 187 Å². The van der Waals surface area contributed by atoms with E-state index in [2.05, 4.69) is 0 Å². The number of hydrogen-bond acceptors (Lipinski definition) is 5. The van der Waals surface area contributed by atoms with Crippen molar-refractivity contribution in [1.29, 1.82) is 0 Å². The van der Waals surface area contributed by atoms with Crippen molar-refractivity contribution in [3.63, 3.8) is 0 Å². The molecule has 0 spiro atoms. The summed E-state index contributed by atoms with van der Waals surface area (Å²) in [5.41, 5.74) is 2.15. The maximum atomic E-state index is 13.3. The van der Waals surface area contributed by atoms with E-state index in [9.17, 15) is 22.8 Å². The van der Waals surface area contributed by atoms with Gasteiger partial charge in [-0.3, -0.25) is 19.4 Å². The maximum absolute atomic E-state index is 13.3. The number of benzene rings is 2. The molecule has 2 aliphatic heterocycles. The zero-order valence-corrected chi connectivity index (χ0v) is 18.8. The van der Waals surface area contributed by atoms with Gasteiger partial charge in [-0.1, -0.05) is 35.9 Å². The van der Waals surface area contributed by atoms with Crippen LogP contribution in [-0.4, -0.2) is 61.3 Å². The van der Waals surface area contributed by atoms with E-state index in [4.69, 9.17) is 0 Å². The molecule has 0 aromatic heterocycles. The van der Waals surface area contributed by atoms with E-state index in [1.165, 1.54) is 9.80 Å². The third kappa shape index (κ3) is 4.12. The summed E-state index contributed by atoms with van der Waals surface area (Å²) >= 11 is 0. The summed E-state index contributed by atoms with van der Waals surface area (Å²) in [7, 11) is -3.24. The van der Waals surface area contributed by atoms with Gasteiger partial charge in [-0.25, -0.2) is 13.2 Å². The van der Waals surface area contributed by atoms with Crippen molar-refractivity contribution in [2.45, 2.75) is 32.4 Å². The van der Waals surface area contributed by atoms with E-state index >= 15 is 0 Å². The normalized spacial score (nSPS) is 22.4. The van der Waals surface area contributed by atoms with Crippen LogP contribution in [0.1, 0.15) is 18.9 Å². The predicted molar refractivity (Wildman–Crippen MR) is 121 cm³/mol. The lowest BCUT2D eigenvalue weighted by molar-refractivity contribution is -0.131. The number of urea groups is 1. The van der Waals surface area contributed by atoms with Crippen LogP contribution in [0.25, 0.3) is 0 Å². The van der Waals surface area contributed by atoms with Crippen LogP contribution in [0.5, 0.6) is 0 Å². The van der Waals surface area contributed by atoms with Crippen molar-refractivity contribution < 1.29 is 22.8 Å². The van der Waals surface area contributed by atoms with Crippen LogP contribution in [0.3, 0.4) is 0 Å². The molecule has 0 radical (unpaired) electrons. The molecule has 0 unspecified atom stereocenters. The van der Waals surface area contributed by atoms with Crippen LogP contribution >= 0.6 is 0 Å². The van der Waals surface area contributed by atoms with E-state index in [0.717, 1.165) is 10.5 Å². The van der Waals surface area contributed by atoms with Gasteiger partial charge in [0.2, 0.25) is 5.91 Å². The van der Waals surface area contributed by atoms with E-state index in [0.29, 0.717) is 17.8 Å². The van der Waals surface area contributed by atoms with Crippen molar-refractivity contribution in [3.05, 3.63) is 60.2 Å². The zero-order chi connectivity index (χ0) is 23.0. The van der Waals surface area contributed by atoms with Gasteiger partial charge in [0.15, 0.2) is 9.84 Å². The molecule has 0 aliphatic carbocycles. The van der Waals surface area contributed by atoms with Crippen LogP contribution in [0.15, 0.2) is 54.6 Å². The van der Waals surface area contributed by atoms with Crippen LogP contribution in [0.4, 0.5) is 16.2 Å². The highest BCUT2D eigenvalue weighted by molar-refractivity contribution is 7.91. The molecule has 2 aliphatic rings.